The molecule has 134 valence electrons. The lowest BCUT2D eigenvalue weighted by atomic mass is 9.91. The quantitative estimate of drug-likeness (QED) is 0.896. The van der Waals surface area contributed by atoms with Gasteiger partial charge in [-0.2, -0.15) is 5.10 Å². The highest BCUT2D eigenvalue weighted by molar-refractivity contribution is 5.25. The van der Waals surface area contributed by atoms with E-state index in [1.165, 1.54) is 0 Å². The Balaban J connectivity index is 1.51. The van der Waals surface area contributed by atoms with Gasteiger partial charge >= 0.3 is 0 Å². The molecule has 0 spiro atoms. The van der Waals surface area contributed by atoms with Gasteiger partial charge in [0.2, 0.25) is 0 Å². The van der Waals surface area contributed by atoms with Gasteiger partial charge in [-0.15, -0.1) is 0 Å². The van der Waals surface area contributed by atoms with Crippen molar-refractivity contribution >= 4 is 0 Å². The second-order valence-corrected chi connectivity index (χ2v) is 6.69. The molecule has 1 aromatic heterocycles. The molecule has 0 aliphatic carbocycles. The molecule has 0 amide bonds. The maximum Gasteiger partial charge on any atom is 0.136 e. The minimum Gasteiger partial charge on any atom is -0.370 e. The Morgan fingerprint density at radius 2 is 2.08 bits per heavy atom. The summed E-state index contributed by atoms with van der Waals surface area (Å²) < 4.78 is 49.8. The van der Waals surface area contributed by atoms with Crippen LogP contribution in [0, 0.1) is 11.6 Å². The first kappa shape index (κ1) is 16.6. The first-order chi connectivity index (χ1) is 11.9. The number of halogens is 3. The lowest BCUT2D eigenvalue weighted by Crippen LogP contribution is -2.56. The van der Waals surface area contributed by atoms with Crippen LogP contribution in [0.5, 0.6) is 0 Å². The Bertz CT molecular complexity index is 773. The molecule has 2 aromatic rings. The maximum atomic E-state index is 15.0. The van der Waals surface area contributed by atoms with Crippen LogP contribution in [-0.2, 0) is 24.9 Å². The van der Waals surface area contributed by atoms with Gasteiger partial charge in [0, 0.05) is 37.5 Å². The molecule has 0 radical (unpaired) electrons. The molecule has 25 heavy (non-hydrogen) atoms. The molecular formula is C17H19F3N4O. The Kier molecular flexibility index (Phi) is 4.05. The molecule has 2 aliphatic heterocycles. The smallest absolute Gasteiger partial charge is 0.136 e. The van der Waals surface area contributed by atoms with Gasteiger partial charge in [0.05, 0.1) is 24.4 Å². The predicted molar refractivity (Wildman–Crippen MR) is 84.2 cm³/mol. The van der Waals surface area contributed by atoms with Crippen LogP contribution < -0.4 is 5.73 Å². The number of hydrogen-bond donors (Lipinski definition) is 1. The van der Waals surface area contributed by atoms with Crippen molar-refractivity contribution in [2.24, 2.45) is 12.8 Å². The number of benzene rings is 1. The zero-order valence-electron chi connectivity index (χ0n) is 13.7. The third-order valence-corrected chi connectivity index (χ3v) is 4.98. The fourth-order valence-electron chi connectivity index (χ4n) is 3.72. The Morgan fingerprint density at radius 3 is 2.84 bits per heavy atom. The predicted octanol–water partition coefficient (Wildman–Crippen LogP) is 1.82. The number of aryl methyl sites for hydroxylation is 1. The third-order valence-electron chi connectivity index (χ3n) is 4.98. The highest BCUT2D eigenvalue weighted by Gasteiger charge is 2.44. The summed E-state index contributed by atoms with van der Waals surface area (Å²) in [7, 11) is 1.85. The van der Waals surface area contributed by atoms with Crippen LogP contribution in [0.25, 0.3) is 0 Å². The van der Waals surface area contributed by atoms with E-state index in [9.17, 15) is 13.2 Å². The summed E-state index contributed by atoms with van der Waals surface area (Å²) in [5.41, 5.74) is 7.93. The van der Waals surface area contributed by atoms with E-state index in [1.54, 1.807) is 4.68 Å². The van der Waals surface area contributed by atoms with Crippen LogP contribution in [0.4, 0.5) is 13.2 Å². The van der Waals surface area contributed by atoms with Gasteiger partial charge in [0.1, 0.15) is 23.9 Å². The monoisotopic (exact) mass is 352 g/mol. The van der Waals surface area contributed by atoms with Crippen LogP contribution in [0.15, 0.2) is 24.4 Å². The average molecular weight is 352 g/mol. The molecular weight excluding hydrogens is 333 g/mol. The Labute approximate surface area is 143 Å². The second kappa shape index (κ2) is 6.12. The summed E-state index contributed by atoms with van der Waals surface area (Å²) in [5, 5.41) is 4.35. The molecule has 4 atom stereocenters. The SMILES string of the molecule is Cn1cc2c(n1)CN([C@H]1CO[C@H](c3cc(F)ccc3F)[C@@H](N)[C@H]1F)C2. The maximum absolute atomic E-state index is 15.0. The first-order valence-corrected chi connectivity index (χ1v) is 8.15. The summed E-state index contributed by atoms with van der Waals surface area (Å²) in [6, 6.07) is 1.42. The van der Waals surface area contributed by atoms with Crippen LogP contribution in [0.1, 0.15) is 22.9 Å². The van der Waals surface area contributed by atoms with Gasteiger partial charge in [0.15, 0.2) is 0 Å². The fraction of sp³-hybridized carbons (Fsp3) is 0.471. The van der Waals surface area contributed by atoms with Gasteiger partial charge in [0.25, 0.3) is 0 Å². The van der Waals surface area contributed by atoms with Crippen LogP contribution >= 0.6 is 0 Å². The number of fused-ring (bicyclic) bond motifs is 1. The molecule has 0 bridgehead atoms. The second-order valence-electron chi connectivity index (χ2n) is 6.69. The van der Waals surface area contributed by atoms with Crippen molar-refractivity contribution in [2.75, 3.05) is 6.61 Å². The van der Waals surface area contributed by atoms with Crippen LogP contribution in [-0.4, -0.2) is 39.5 Å². The number of hydrogen-bond acceptors (Lipinski definition) is 4. The van der Waals surface area contributed by atoms with E-state index >= 15 is 0 Å². The summed E-state index contributed by atoms with van der Waals surface area (Å²) in [6.07, 6.45) is -0.511. The molecule has 2 aliphatic rings. The largest absolute Gasteiger partial charge is 0.370 e. The van der Waals surface area contributed by atoms with E-state index in [2.05, 4.69) is 5.10 Å². The Morgan fingerprint density at radius 1 is 1.28 bits per heavy atom. The lowest BCUT2D eigenvalue weighted by molar-refractivity contribution is -0.0932. The van der Waals surface area contributed by atoms with E-state index in [0.717, 1.165) is 29.5 Å². The first-order valence-electron chi connectivity index (χ1n) is 8.15. The number of nitrogens with zero attached hydrogens (tertiary/aromatic N) is 3. The van der Waals surface area contributed by atoms with E-state index in [-0.39, 0.29) is 12.2 Å². The van der Waals surface area contributed by atoms with E-state index in [0.29, 0.717) is 13.1 Å². The summed E-state index contributed by atoms with van der Waals surface area (Å²) >= 11 is 0. The van der Waals surface area contributed by atoms with Crippen molar-refractivity contribution in [3.05, 3.63) is 52.9 Å². The van der Waals surface area contributed by atoms with Crippen molar-refractivity contribution in [3.63, 3.8) is 0 Å². The number of rotatable bonds is 2. The van der Waals surface area contributed by atoms with Crippen molar-refractivity contribution in [3.8, 4) is 0 Å². The van der Waals surface area contributed by atoms with Gasteiger partial charge in [-0.3, -0.25) is 9.58 Å². The molecule has 0 saturated carbocycles. The van der Waals surface area contributed by atoms with Gasteiger partial charge in [-0.25, -0.2) is 13.2 Å². The fourth-order valence-corrected chi connectivity index (χ4v) is 3.72. The van der Waals surface area contributed by atoms with Gasteiger partial charge < -0.3 is 10.5 Å². The molecule has 3 heterocycles. The molecule has 1 aromatic carbocycles. The number of alkyl halides is 1. The summed E-state index contributed by atoms with van der Waals surface area (Å²) in [6.45, 7) is 1.16. The molecule has 1 saturated heterocycles. The third kappa shape index (κ3) is 2.84. The zero-order valence-corrected chi connectivity index (χ0v) is 13.7. The molecule has 1 fully saturated rings. The Hall–Kier alpha value is -1.90. The molecule has 2 N–H and O–H groups in total. The summed E-state index contributed by atoms with van der Waals surface area (Å²) in [4.78, 5) is 1.93. The minimum atomic E-state index is -1.42. The number of nitrogens with two attached hydrogens (primary N) is 1. The van der Waals surface area contributed by atoms with Gasteiger partial charge in [-0.05, 0) is 18.2 Å². The topological polar surface area (TPSA) is 56.3 Å². The van der Waals surface area contributed by atoms with Crippen LogP contribution in [0.2, 0.25) is 0 Å². The standard InChI is InChI=1S/C17H19F3N4O/c1-23-5-9-6-24(7-13(9)22-23)14-8-25-17(16(21)15(14)20)11-4-10(18)2-3-12(11)19/h2-5,14-17H,6-8,21H2,1H3/t14-,15-,16-,17+/m0/s1. The molecule has 8 heteroatoms. The molecule has 5 nitrogen and oxygen atoms in total. The number of aromatic nitrogens is 2. The highest BCUT2D eigenvalue weighted by Crippen LogP contribution is 2.35. The van der Waals surface area contributed by atoms with Gasteiger partial charge in [-0.1, -0.05) is 0 Å². The van der Waals surface area contributed by atoms with Crippen molar-refractivity contribution in [2.45, 2.75) is 37.4 Å². The van der Waals surface area contributed by atoms with Crippen molar-refractivity contribution < 1.29 is 17.9 Å². The highest BCUT2D eigenvalue weighted by atomic mass is 19.1. The van der Waals surface area contributed by atoms with E-state index in [4.69, 9.17) is 10.5 Å². The number of ether oxygens (including phenoxy) is 1. The van der Waals surface area contributed by atoms with E-state index < -0.39 is 36.0 Å². The summed E-state index contributed by atoms with van der Waals surface area (Å²) in [5.74, 6) is -1.25. The molecule has 0 unspecified atom stereocenters. The minimum absolute atomic E-state index is 0.0411. The van der Waals surface area contributed by atoms with Crippen LogP contribution in [0.3, 0.4) is 0 Å². The van der Waals surface area contributed by atoms with Crippen molar-refractivity contribution in [1.82, 2.24) is 14.7 Å². The average Bonchev–Trinajstić information content (AvgIpc) is 3.10. The van der Waals surface area contributed by atoms with Crippen molar-refractivity contribution in [1.29, 1.82) is 0 Å². The zero-order chi connectivity index (χ0) is 17.7. The van der Waals surface area contributed by atoms with E-state index in [1.807, 2.05) is 18.1 Å². The normalized spacial score (nSPS) is 29.8. The molecule has 4 rings (SSSR count). The lowest BCUT2D eigenvalue weighted by Gasteiger charge is -2.41.